The van der Waals surface area contributed by atoms with Gasteiger partial charge in [-0.1, -0.05) is 31.9 Å². The highest BCUT2D eigenvalue weighted by Crippen LogP contribution is 2.27. The van der Waals surface area contributed by atoms with E-state index in [9.17, 15) is 19.8 Å². The van der Waals surface area contributed by atoms with E-state index in [1.807, 2.05) is 0 Å². The summed E-state index contributed by atoms with van der Waals surface area (Å²) < 4.78 is 6.85. The van der Waals surface area contributed by atoms with Gasteiger partial charge in [0.1, 0.15) is 11.3 Å². The molecule has 32 heavy (non-hydrogen) atoms. The number of fused-ring (bicyclic) bond motifs is 1. The summed E-state index contributed by atoms with van der Waals surface area (Å²) in [5.41, 5.74) is 2.55. The van der Waals surface area contributed by atoms with Gasteiger partial charge in [-0.05, 0) is 49.2 Å². The van der Waals surface area contributed by atoms with Crippen LogP contribution in [-0.2, 0) is 6.54 Å². The fourth-order valence-corrected chi connectivity index (χ4v) is 3.44. The number of phenols is 1. The summed E-state index contributed by atoms with van der Waals surface area (Å²) in [7, 11) is 0. The highest BCUT2D eigenvalue weighted by Gasteiger charge is 2.21. The molecule has 0 saturated carbocycles. The van der Waals surface area contributed by atoms with E-state index in [0.717, 1.165) is 19.3 Å². The molecule has 3 rings (SSSR count). The number of aromatic hydroxyl groups is 2. The van der Waals surface area contributed by atoms with Crippen LogP contribution in [0.15, 0.2) is 52.4 Å². The fraction of sp³-hybridized carbons (Fsp3) is 0.292. The number of nitrogens with zero attached hydrogens (tertiary/aromatic N) is 2. The van der Waals surface area contributed by atoms with Crippen LogP contribution in [0.5, 0.6) is 17.2 Å². The Morgan fingerprint density at radius 3 is 2.69 bits per heavy atom. The molecule has 8 heteroatoms. The second-order valence-corrected chi connectivity index (χ2v) is 7.26. The van der Waals surface area contributed by atoms with Crippen LogP contribution >= 0.6 is 0 Å². The molecule has 168 valence electrons. The third-order valence-corrected chi connectivity index (χ3v) is 5.02. The number of carbonyl (C=O) groups excluding carboxylic acids is 1. The fourth-order valence-electron chi connectivity index (χ4n) is 3.44. The van der Waals surface area contributed by atoms with Crippen molar-refractivity contribution in [2.45, 2.75) is 39.7 Å². The van der Waals surface area contributed by atoms with E-state index < -0.39 is 11.5 Å². The number of hydrazone groups is 1. The normalized spacial score (nSPS) is 11.2. The highest BCUT2D eigenvalue weighted by molar-refractivity contribution is 6.02. The van der Waals surface area contributed by atoms with Crippen molar-refractivity contribution < 1.29 is 19.7 Å². The quantitative estimate of drug-likeness (QED) is 0.268. The first kappa shape index (κ1) is 22.9. The molecular weight excluding hydrogens is 410 g/mol. The number of carbonyl (C=O) groups is 1. The molecule has 0 aliphatic heterocycles. The van der Waals surface area contributed by atoms with E-state index in [0.29, 0.717) is 35.4 Å². The number of phenolic OH excluding ortho intramolecular Hbond substituents is 1. The summed E-state index contributed by atoms with van der Waals surface area (Å²) in [6.07, 6.45) is 4.09. The van der Waals surface area contributed by atoms with Gasteiger partial charge < -0.3 is 19.5 Å². The number of para-hydroxylation sites is 1. The molecule has 0 radical (unpaired) electrons. The summed E-state index contributed by atoms with van der Waals surface area (Å²) in [6.45, 7) is 4.70. The molecule has 0 spiro atoms. The van der Waals surface area contributed by atoms with Gasteiger partial charge in [0, 0.05) is 11.9 Å². The smallest absolute Gasteiger partial charge is 0.280 e. The molecule has 3 N–H and O–H groups in total. The Morgan fingerprint density at radius 2 is 1.94 bits per heavy atom. The van der Waals surface area contributed by atoms with Gasteiger partial charge in [0.15, 0.2) is 11.5 Å². The van der Waals surface area contributed by atoms with Crippen molar-refractivity contribution in [2.75, 3.05) is 6.61 Å². The highest BCUT2D eigenvalue weighted by atomic mass is 16.5. The molecule has 3 aromatic rings. The lowest BCUT2D eigenvalue weighted by atomic mass is 10.1. The van der Waals surface area contributed by atoms with Crippen LogP contribution < -0.4 is 15.7 Å². The Morgan fingerprint density at radius 1 is 1.16 bits per heavy atom. The largest absolute Gasteiger partial charge is 0.506 e. The summed E-state index contributed by atoms with van der Waals surface area (Å²) in [5, 5.41) is 24.8. The van der Waals surface area contributed by atoms with Gasteiger partial charge in [-0.2, -0.15) is 5.10 Å². The number of benzene rings is 2. The Bertz CT molecular complexity index is 1200. The number of rotatable bonds is 9. The lowest BCUT2D eigenvalue weighted by Crippen LogP contribution is -2.31. The van der Waals surface area contributed by atoms with Crippen molar-refractivity contribution in [1.82, 2.24) is 9.99 Å². The van der Waals surface area contributed by atoms with E-state index in [1.165, 1.54) is 16.8 Å². The third-order valence-electron chi connectivity index (χ3n) is 5.02. The van der Waals surface area contributed by atoms with Gasteiger partial charge in [-0.25, -0.2) is 5.43 Å². The zero-order chi connectivity index (χ0) is 23.1. The molecule has 0 fully saturated rings. The number of aromatic nitrogens is 1. The zero-order valence-corrected chi connectivity index (χ0v) is 18.2. The summed E-state index contributed by atoms with van der Waals surface area (Å²) in [4.78, 5) is 25.8. The predicted molar refractivity (Wildman–Crippen MR) is 124 cm³/mol. The van der Waals surface area contributed by atoms with Crippen LogP contribution in [0.4, 0.5) is 0 Å². The first-order valence-corrected chi connectivity index (χ1v) is 10.6. The average Bonchev–Trinajstić information content (AvgIpc) is 2.78. The molecule has 2 aromatic carbocycles. The zero-order valence-electron chi connectivity index (χ0n) is 18.2. The van der Waals surface area contributed by atoms with Gasteiger partial charge in [-0.15, -0.1) is 0 Å². The van der Waals surface area contributed by atoms with Crippen LogP contribution in [0.3, 0.4) is 0 Å². The van der Waals surface area contributed by atoms with E-state index in [4.69, 9.17) is 4.74 Å². The molecule has 0 aliphatic rings. The van der Waals surface area contributed by atoms with Crippen LogP contribution in [-0.4, -0.2) is 33.5 Å². The maximum Gasteiger partial charge on any atom is 0.280 e. The van der Waals surface area contributed by atoms with Gasteiger partial charge in [-0.3, -0.25) is 9.59 Å². The van der Waals surface area contributed by atoms with Crippen molar-refractivity contribution in [3.05, 3.63) is 63.9 Å². The van der Waals surface area contributed by atoms with Crippen LogP contribution in [0.25, 0.3) is 10.9 Å². The van der Waals surface area contributed by atoms with Gasteiger partial charge in [0.2, 0.25) is 0 Å². The van der Waals surface area contributed by atoms with Crippen molar-refractivity contribution in [3.63, 3.8) is 0 Å². The van der Waals surface area contributed by atoms with E-state index >= 15 is 0 Å². The van der Waals surface area contributed by atoms with Crippen LogP contribution in [0, 0.1) is 0 Å². The standard InChI is InChI=1S/C24H27N3O5/c1-3-5-8-13-27-18-10-7-6-9-17(18)22(29)21(24(27)31)23(30)26-25-15-16-11-12-19(28)20(14-16)32-4-2/h6-7,9-12,14-15,28-29H,3-5,8,13H2,1-2H3,(H,26,30)/b25-15+. The molecule has 0 atom stereocenters. The number of hydrogen-bond donors (Lipinski definition) is 3. The number of hydrogen-bond acceptors (Lipinski definition) is 6. The summed E-state index contributed by atoms with van der Waals surface area (Å²) in [5.74, 6) is -0.876. The minimum Gasteiger partial charge on any atom is -0.506 e. The number of nitrogens with one attached hydrogen (secondary N) is 1. The molecular formula is C24H27N3O5. The Kier molecular flexibility index (Phi) is 7.49. The van der Waals surface area contributed by atoms with Crippen LogP contribution in [0.1, 0.15) is 49.0 Å². The molecule has 1 heterocycles. The maximum absolute atomic E-state index is 13.1. The number of amides is 1. The number of aryl methyl sites for hydroxylation is 1. The van der Waals surface area contributed by atoms with E-state index in [1.54, 1.807) is 43.3 Å². The first-order chi connectivity index (χ1) is 15.5. The van der Waals surface area contributed by atoms with Gasteiger partial charge >= 0.3 is 0 Å². The minimum absolute atomic E-state index is 0.00209. The average molecular weight is 437 g/mol. The Labute approximate surface area is 185 Å². The third kappa shape index (κ3) is 4.91. The Hall–Kier alpha value is -3.81. The van der Waals surface area contributed by atoms with E-state index in [2.05, 4.69) is 17.5 Å². The summed E-state index contributed by atoms with van der Waals surface area (Å²) in [6, 6.07) is 11.6. The van der Waals surface area contributed by atoms with Crippen molar-refractivity contribution in [2.24, 2.45) is 5.10 Å². The lowest BCUT2D eigenvalue weighted by molar-refractivity contribution is 0.0950. The molecule has 0 saturated heterocycles. The Balaban J connectivity index is 1.90. The predicted octanol–water partition coefficient (Wildman–Crippen LogP) is 3.77. The molecule has 1 aromatic heterocycles. The second kappa shape index (κ2) is 10.5. The maximum atomic E-state index is 13.1. The van der Waals surface area contributed by atoms with Crippen molar-refractivity contribution in [3.8, 4) is 17.2 Å². The first-order valence-electron chi connectivity index (χ1n) is 10.6. The topological polar surface area (TPSA) is 113 Å². The van der Waals surface area contributed by atoms with Gasteiger partial charge in [0.05, 0.1) is 18.3 Å². The second-order valence-electron chi connectivity index (χ2n) is 7.26. The number of pyridine rings is 1. The molecule has 0 bridgehead atoms. The van der Waals surface area contributed by atoms with Crippen molar-refractivity contribution in [1.29, 1.82) is 0 Å². The minimum atomic E-state index is -0.803. The molecule has 8 nitrogen and oxygen atoms in total. The molecule has 1 amide bonds. The number of ether oxygens (including phenoxy) is 1. The SMILES string of the molecule is CCCCCn1c(=O)c(C(=O)N/N=C/c2ccc(O)c(OCC)c2)c(O)c2ccccc21. The van der Waals surface area contributed by atoms with Crippen molar-refractivity contribution >= 4 is 23.0 Å². The number of unbranched alkanes of at least 4 members (excludes halogenated alkanes) is 2. The lowest BCUT2D eigenvalue weighted by Gasteiger charge is -2.14. The van der Waals surface area contributed by atoms with E-state index in [-0.39, 0.29) is 17.1 Å². The monoisotopic (exact) mass is 437 g/mol. The summed E-state index contributed by atoms with van der Waals surface area (Å²) >= 11 is 0. The molecule has 0 unspecified atom stereocenters. The van der Waals surface area contributed by atoms with Gasteiger partial charge in [0.25, 0.3) is 11.5 Å². The van der Waals surface area contributed by atoms with Crippen LogP contribution in [0.2, 0.25) is 0 Å². The molecule has 0 aliphatic carbocycles.